The fourth-order valence-corrected chi connectivity index (χ4v) is 15.2. The van der Waals surface area contributed by atoms with E-state index in [0.29, 0.717) is 52.9 Å². The number of thioether (sulfide) groups is 8. The van der Waals surface area contributed by atoms with E-state index in [2.05, 4.69) is 54.2 Å². The van der Waals surface area contributed by atoms with Gasteiger partial charge in [0, 0.05) is 23.0 Å². The minimum atomic E-state index is 0.577. The first-order valence-corrected chi connectivity index (χ1v) is 23.5. The molecule has 0 N–H and O–H groups in total. The maximum Gasteiger partial charge on any atom is 0.0701 e. The van der Waals surface area contributed by atoms with Gasteiger partial charge in [-0.2, -0.15) is 12.6 Å². The van der Waals surface area contributed by atoms with Crippen molar-refractivity contribution in [2.24, 2.45) is 0 Å². The Morgan fingerprint density at radius 2 is 1.09 bits per heavy atom. The minimum absolute atomic E-state index is 0.577. The Morgan fingerprint density at radius 3 is 1.70 bits per heavy atom. The predicted octanol–water partition coefficient (Wildman–Crippen LogP) is 9.34. The third-order valence-corrected chi connectivity index (χ3v) is 17.4. The number of rotatable bonds is 8. The first-order chi connectivity index (χ1) is 21.3. The number of fused-ring (bicyclic) bond motifs is 6. The van der Waals surface area contributed by atoms with E-state index in [1.54, 1.807) is 5.57 Å². The van der Waals surface area contributed by atoms with Crippen LogP contribution in [0, 0.1) is 0 Å². The molecular weight excluding hydrogens is 717 g/mol. The van der Waals surface area contributed by atoms with Crippen LogP contribution in [-0.4, -0.2) is 107 Å². The maximum atomic E-state index is 5.90. The van der Waals surface area contributed by atoms with Gasteiger partial charge in [-0.15, -0.1) is 70.6 Å². The summed E-state index contributed by atoms with van der Waals surface area (Å²) in [5.41, 5.74) is 1.64. The lowest BCUT2D eigenvalue weighted by atomic mass is 10.2. The molecule has 0 aliphatic carbocycles. The van der Waals surface area contributed by atoms with Gasteiger partial charge in [0.05, 0.1) is 87.3 Å². The lowest BCUT2D eigenvalue weighted by Gasteiger charge is -2.13. The second kappa shape index (κ2) is 27.0. The standard InChI is InChI=1S/C29H48O5S9/c1-36-26-29-41-23-17-34-15-13-32-11-9-30-8-10-31-12-14-33-16-22-40-28-27(37-19-5-3-2-4-18-35)38-20-6-24(7-21-39-28)25(42-26)43-29/h35H,2-23H2,1H3/b25-24+,28-27+. The largest absolute Gasteiger partial charge is 0.378 e. The van der Waals surface area contributed by atoms with Crippen LogP contribution in [0.2, 0.25) is 0 Å². The topological polar surface area (TPSA) is 46.2 Å². The predicted molar refractivity (Wildman–Crippen MR) is 208 cm³/mol. The van der Waals surface area contributed by atoms with Crippen molar-refractivity contribution in [2.75, 3.05) is 107 Å². The molecule has 14 heteroatoms. The van der Waals surface area contributed by atoms with Crippen molar-refractivity contribution < 1.29 is 23.7 Å². The summed E-state index contributed by atoms with van der Waals surface area (Å²) in [7, 11) is 0. The molecule has 0 aromatic heterocycles. The van der Waals surface area contributed by atoms with E-state index in [0.717, 1.165) is 48.4 Å². The Bertz CT molecular complexity index is 856. The molecule has 3 aliphatic heterocycles. The summed E-state index contributed by atoms with van der Waals surface area (Å²) in [6, 6.07) is 0. The highest BCUT2D eigenvalue weighted by Gasteiger charge is 2.25. The van der Waals surface area contributed by atoms with Gasteiger partial charge in [0.25, 0.3) is 0 Å². The van der Waals surface area contributed by atoms with Crippen LogP contribution in [0.5, 0.6) is 0 Å². The zero-order valence-corrected chi connectivity index (χ0v) is 32.7. The van der Waals surface area contributed by atoms with Gasteiger partial charge < -0.3 is 23.7 Å². The molecule has 0 aromatic carbocycles. The summed E-state index contributed by atoms with van der Waals surface area (Å²) in [6.07, 6.45) is 9.64. The highest BCUT2D eigenvalue weighted by molar-refractivity contribution is 8.40. The summed E-state index contributed by atoms with van der Waals surface area (Å²) in [5, 5.41) is 0. The summed E-state index contributed by atoms with van der Waals surface area (Å²) >= 11 is 20.4. The lowest BCUT2D eigenvalue weighted by Crippen LogP contribution is -2.13. The molecular formula is C29H48O5S9. The van der Waals surface area contributed by atoms with Gasteiger partial charge >= 0.3 is 0 Å². The molecule has 0 fully saturated rings. The van der Waals surface area contributed by atoms with Crippen LogP contribution in [-0.2, 0) is 23.7 Å². The fourth-order valence-electron chi connectivity index (χ4n) is 3.91. The van der Waals surface area contributed by atoms with Gasteiger partial charge in [-0.25, -0.2) is 0 Å². The minimum Gasteiger partial charge on any atom is -0.378 e. The second-order valence-electron chi connectivity index (χ2n) is 9.39. The van der Waals surface area contributed by atoms with Crippen molar-refractivity contribution in [1.82, 2.24) is 0 Å². The molecule has 0 radical (unpaired) electrons. The molecule has 0 saturated carbocycles. The molecule has 248 valence electrons. The van der Waals surface area contributed by atoms with Crippen LogP contribution >= 0.6 is 107 Å². The van der Waals surface area contributed by atoms with Gasteiger partial charge in [0.1, 0.15) is 0 Å². The Balaban J connectivity index is 1.59. The number of hydrogen-bond donors (Lipinski definition) is 1. The Morgan fingerprint density at radius 1 is 0.558 bits per heavy atom. The van der Waals surface area contributed by atoms with Gasteiger partial charge in [-0.05, 0) is 49.0 Å². The summed E-state index contributed by atoms with van der Waals surface area (Å²) in [5.74, 6) is 6.43. The Labute approximate surface area is 300 Å². The lowest BCUT2D eigenvalue weighted by molar-refractivity contribution is -0.00902. The van der Waals surface area contributed by atoms with Gasteiger partial charge in [-0.3, -0.25) is 0 Å². The van der Waals surface area contributed by atoms with Crippen molar-refractivity contribution in [3.63, 3.8) is 0 Å². The Kier molecular flexibility index (Phi) is 24.9. The van der Waals surface area contributed by atoms with E-state index < -0.39 is 0 Å². The van der Waals surface area contributed by atoms with Crippen LogP contribution in [0.3, 0.4) is 0 Å². The molecule has 3 rings (SSSR count). The van der Waals surface area contributed by atoms with Crippen molar-refractivity contribution >= 4 is 107 Å². The fraction of sp³-hybridized carbons (Fsp3) is 0.793. The smallest absolute Gasteiger partial charge is 0.0701 e. The van der Waals surface area contributed by atoms with E-state index in [1.165, 1.54) is 59.0 Å². The van der Waals surface area contributed by atoms with Crippen molar-refractivity contribution in [3.05, 3.63) is 26.8 Å². The SMILES string of the molecule is CSC1=C2SCCOCCOCCOCCOCCOCCS/C3=C(\SCCCCCCS)SCC/C(=C(/S1)S2)CCS3. The molecule has 5 nitrogen and oxygen atoms in total. The zero-order chi connectivity index (χ0) is 30.2. The molecule has 0 spiro atoms. The normalized spacial score (nSPS) is 25.8. The summed E-state index contributed by atoms with van der Waals surface area (Å²) in [6.45, 7) is 6.24. The van der Waals surface area contributed by atoms with Crippen LogP contribution in [0.25, 0.3) is 0 Å². The highest BCUT2D eigenvalue weighted by Crippen LogP contribution is 2.58. The average Bonchev–Trinajstić information content (AvgIpc) is 3.46. The number of hydrogen-bond acceptors (Lipinski definition) is 14. The van der Waals surface area contributed by atoms with Crippen molar-refractivity contribution in [1.29, 1.82) is 0 Å². The highest BCUT2D eigenvalue weighted by atomic mass is 32.3. The first kappa shape index (κ1) is 39.6. The molecule has 0 aromatic rings. The third kappa shape index (κ3) is 17.9. The van der Waals surface area contributed by atoms with Crippen LogP contribution in [0.4, 0.5) is 0 Å². The number of allylic oxidation sites excluding steroid dienone is 1. The van der Waals surface area contributed by atoms with E-state index >= 15 is 0 Å². The number of unbranched alkanes of at least 4 members (excludes halogenated alkanes) is 3. The van der Waals surface area contributed by atoms with Crippen molar-refractivity contribution in [3.8, 4) is 0 Å². The summed E-state index contributed by atoms with van der Waals surface area (Å²) < 4.78 is 36.0. The van der Waals surface area contributed by atoms with Crippen LogP contribution in [0.1, 0.15) is 38.5 Å². The molecule has 0 saturated heterocycles. The number of thiol groups is 1. The molecule has 0 atom stereocenters. The van der Waals surface area contributed by atoms with E-state index in [9.17, 15) is 0 Å². The van der Waals surface area contributed by atoms with Gasteiger partial charge in [0.2, 0.25) is 0 Å². The third-order valence-electron chi connectivity index (χ3n) is 6.15. The Hall–Kier alpha value is 2.17. The summed E-state index contributed by atoms with van der Waals surface area (Å²) in [4.78, 5) is 0. The molecule has 0 unspecified atom stereocenters. The first-order valence-electron chi connectivity index (χ1n) is 15.1. The van der Waals surface area contributed by atoms with Crippen LogP contribution < -0.4 is 0 Å². The van der Waals surface area contributed by atoms with Gasteiger partial charge in [0.15, 0.2) is 0 Å². The monoisotopic (exact) mass is 764 g/mol. The zero-order valence-electron chi connectivity index (χ0n) is 25.3. The molecule has 3 aliphatic rings. The molecule has 0 amide bonds. The average molecular weight is 765 g/mol. The number of ether oxygens (including phenoxy) is 5. The quantitative estimate of drug-likeness (QED) is 0.189. The maximum absolute atomic E-state index is 5.90. The van der Waals surface area contributed by atoms with Gasteiger partial charge in [-0.1, -0.05) is 36.4 Å². The molecule has 4 bridgehead atoms. The molecule has 3 heterocycles. The van der Waals surface area contributed by atoms with E-state index in [1.807, 2.05) is 58.8 Å². The van der Waals surface area contributed by atoms with E-state index in [-0.39, 0.29) is 0 Å². The second-order valence-corrected chi connectivity index (χ2v) is 19.5. The van der Waals surface area contributed by atoms with Crippen molar-refractivity contribution in [2.45, 2.75) is 38.5 Å². The van der Waals surface area contributed by atoms with Crippen LogP contribution in [0.15, 0.2) is 26.8 Å². The molecule has 43 heavy (non-hydrogen) atoms. The van der Waals surface area contributed by atoms with E-state index in [4.69, 9.17) is 23.7 Å².